The number of nitrogens with one attached hydrogen (secondary N) is 2. The summed E-state index contributed by atoms with van der Waals surface area (Å²) >= 11 is 1.63. The number of nitrogens with zero attached hydrogens (tertiary/aromatic N) is 1. The van der Waals surface area contributed by atoms with Crippen LogP contribution >= 0.6 is 11.3 Å². The van der Waals surface area contributed by atoms with Gasteiger partial charge < -0.3 is 19.9 Å². The quantitative estimate of drug-likeness (QED) is 0.726. The molecule has 26 heavy (non-hydrogen) atoms. The van der Waals surface area contributed by atoms with Gasteiger partial charge in [0.05, 0.1) is 17.7 Å². The van der Waals surface area contributed by atoms with E-state index < -0.39 is 5.97 Å². The number of H-pyrrole nitrogens is 1. The van der Waals surface area contributed by atoms with Crippen LogP contribution in [0.25, 0.3) is 0 Å². The molecule has 2 heterocycles. The molecule has 1 atom stereocenters. The first kappa shape index (κ1) is 20.2. The summed E-state index contributed by atoms with van der Waals surface area (Å²) in [5.41, 5.74) is 3.26. The summed E-state index contributed by atoms with van der Waals surface area (Å²) in [4.78, 5) is 30.0. The molecule has 0 saturated heterocycles. The van der Waals surface area contributed by atoms with E-state index in [4.69, 9.17) is 4.74 Å². The minimum atomic E-state index is -0.408. The van der Waals surface area contributed by atoms with Gasteiger partial charge in [-0.25, -0.2) is 4.79 Å². The second kappa shape index (κ2) is 8.51. The molecule has 0 aliphatic rings. The van der Waals surface area contributed by atoms with Crippen LogP contribution in [0.3, 0.4) is 0 Å². The van der Waals surface area contributed by atoms with Crippen LogP contribution in [0.2, 0.25) is 0 Å². The fourth-order valence-corrected chi connectivity index (χ4v) is 3.60. The number of esters is 1. The highest BCUT2D eigenvalue weighted by atomic mass is 32.1. The van der Waals surface area contributed by atoms with Gasteiger partial charge >= 0.3 is 5.97 Å². The fraction of sp³-hybridized carbons (Fsp3) is 0.474. The Morgan fingerprint density at radius 3 is 2.54 bits per heavy atom. The van der Waals surface area contributed by atoms with E-state index in [1.807, 2.05) is 19.5 Å². The Balaban J connectivity index is 2.14. The molecule has 0 saturated carbocycles. The van der Waals surface area contributed by atoms with Crippen molar-refractivity contribution in [1.82, 2.24) is 15.2 Å². The molecule has 2 rings (SSSR count). The minimum absolute atomic E-state index is 0.0898. The maximum absolute atomic E-state index is 12.7. The lowest BCUT2D eigenvalue weighted by Crippen LogP contribution is -2.34. The van der Waals surface area contributed by atoms with Gasteiger partial charge in [0.25, 0.3) is 5.91 Å². The number of ether oxygens (including phenoxy) is 1. The molecule has 0 radical (unpaired) electrons. The third kappa shape index (κ3) is 4.53. The van der Waals surface area contributed by atoms with E-state index in [9.17, 15) is 9.59 Å². The van der Waals surface area contributed by atoms with Gasteiger partial charge in [-0.15, -0.1) is 0 Å². The lowest BCUT2D eigenvalue weighted by atomic mass is 10.1. The first-order valence-electron chi connectivity index (χ1n) is 8.59. The van der Waals surface area contributed by atoms with E-state index in [2.05, 4.69) is 26.6 Å². The molecule has 0 aliphatic carbocycles. The highest BCUT2D eigenvalue weighted by Crippen LogP contribution is 2.22. The molecular formula is C19H27N3O3S. The van der Waals surface area contributed by atoms with Crippen molar-refractivity contribution >= 4 is 23.2 Å². The molecule has 7 heteroatoms. The zero-order chi connectivity index (χ0) is 19.4. The molecule has 2 aromatic rings. The summed E-state index contributed by atoms with van der Waals surface area (Å²) in [6.07, 6.45) is -0.208. The van der Waals surface area contributed by atoms with Crippen LogP contribution in [0.4, 0.5) is 0 Å². The number of aromatic nitrogens is 1. The predicted molar refractivity (Wildman–Crippen MR) is 104 cm³/mol. The Bertz CT molecular complexity index is 763. The number of amides is 1. The standard InChI is InChI=1S/C19H27N3O3S/c1-11(2)25-19(24)16-12(3)17(21-13(16)4)18(23)20-9-15(22(5)6)14-7-8-26-10-14/h7-8,10-11,15,21H,9H2,1-6H3,(H,20,23). The largest absolute Gasteiger partial charge is 0.459 e. The summed E-state index contributed by atoms with van der Waals surface area (Å²) in [5, 5.41) is 7.08. The summed E-state index contributed by atoms with van der Waals surface area (Å²) in [7, 11) is 3.97. The van der Waals surface area contributed by atoms with Crippen molar-refractivity contribution in [2.45, 2.75) is 39.8 Å². The van der Waals surface area contributed by atoms with E-state index in [0.29, 0.717) is 29.1 Å². The molecule has 2 N–H and O–H groups in total. The van der Waals surface area contributed by atoms with Crippen molar-refractivity contribution in [2.75, 3.05) is 20.6 Å². The van der Waals surface area contributed by atoms with Crippen LogP contribution in [0.5, 0.6) is 0 Å². The third-order valence-electron chi connectivity index (χ3n) is 4.22. The number of hydrogen-bond donors (Lipinski definition) is 2. The fourth-order valence-electron chi connectivity index (χ4n) is 2.90. The Morgan fingerprint density at radius 2 is 2.00 bits per heavy atom. The summed E-state index contributed by atoms with van der Waals surface area (Å²) in [6.45, 7) is 7.61. The van der Waals surface area contributed by atoms with E-state index in [1.54, 1.807) is 39.0 Å². The minimum Gasteiger partial charge on any atom is -0.459 e. The molecule has 0 aromatic carbocycles. The number of carbonyl (C=O) groups is 2. The molecule has 142 valence electrons. The Morgan fingerprint density at radius 1 is 1.31 bits per heavy atom. The second-order valence-electron chi connectivity index (χ2n) is 6.83. The van der Waals surface area contributed by atoms with E-state index in [-0.39, 0.29) is 18.1 Å². The Kier molecular flexibility index (Phi) is 6.61. The van der Waals surface area contributed by atoms with Gasteiger partial charge in [0.15, 0.2) is 0 Å². The van der Waals surface area contributed by atoms with Crippen LogP contribution in [0, 0.1) is 13.8 Å². The molecule has 1 amide bonds. The summed E-state index contributed by atoms with van der Waals surface area (Å²) < 4.78 is 5.27. The molecule has 0 bridgehead atoms. The first-order chi connectivity index (χ1) is 12.2. The van der Waals surface area contributed by atoms with Gasteiger partial charge in [-0.3, -0.25) is 4.79 Å². The van der Waals surface area contributed by atoms with E-state index in [1.165, 1.54) is 5.56 Å². The zero-order valence-corrected chi connectivity index (χ0v) is 17.0. The van der Waals surface area contributed by atoms with Gasteiger partial charge in [0, 0.05) is 12.2 Å². The normalized spacial score (nSPS) is 12.5. The van der Waals surface area contributed by atoms with Crippen molar-refractivity contribution in [3.63, 3.8) is 0 Å². The number of aromatic amines is 1. The number of aryl methyl sites for hydroxylation is 1. The van der Waals surface area contributed by atoms with Gasteiger partial charge in [-0.05, 0) is 69.7 Å². The Labute approximate surface area is 158 Å². The topological polar surface area (TPSA) is 74.4 Å². The van der Waals surface area contributed by atoms with Crippen LogP contribution in [0.1, 0.15) is 57.6 Å². The maximum Gasteiger partial charge on any atom is 0.340 e. The number of likely N-dealkylation sites (N-methyl/N-ethyl adjacent to an activating group) is 1. The number of rotatable bonds is 7. The van der Waals surface area contributed by atoms with Crippen molar-refractivity contribution in [1.29, 1.82) is 0 Å². The Hall–Kier alpha value is -2.12. The van der Waals surface area contributed by atoms with Crippen molar-refractivity contribution < 1.29 is 14.3 Å². The molecule has 6 nitrogen and oxygen atoms in total. The lowest BCUT2D eigenvalue weighted by Gasteiger charge is -2.24. The smallest absolute Gasteiger partial charge is 0.340 e. The maximum atomic E-state index is 12.7. The van der Waals surface area contributed by atoms with Gasteiger partial charge in [-0.2, -0.15) is 11.3 Å². The lowest BCUT2D eigenvalue weighted by molar-refractivity contribution is 0.0376. The van der Waals surface area contributed by atoms with Gasteiger partial charge in [0.2, 0.25) is 0 Å². The van der Waals surface area contributed by atoms with Crippen LogP contribution in [-0.2, 0) is 4.74 Å². The number of thiophene rings is 1. The highest BCUT2D eigenvalue weighted by Gasteiger charge is 2.24. The number of hydrogen-bond acceptors (Lipinski definition) is 5. The van der Waals surface area contributed by atoms with Crippen LogP contribution < -0.4 is 5.32 Å². The first-order valence-corrected chi connectivity index (χ1v) is 9.53. The van der Waals surface area contributed by atoms with E-state index in [0.717, 1.165) is 0 Å². The van der Waals surface area contributed by atoms with Crippen molar-refractivity contribution in [2.24, 2.45) is 0 Å². The average molecular weight is 378 g/mol. The number of carbonyl (C=O) groups excluding carboxylic acids is 2. The molecular weight excluding hydrogens is 350 g/mol. The molecule has 0 fully saturated rings. The van der Waals surface area contributed by atoms with E-state index >= 15 is 0 Å². The third-order valence-corrected chi connectivity index (χ3v) is 4.92. The zero-order valence-electron chi connectivity index (χ0n) is 16.2. The average Bonchev–Trinajstić information content (AvgIpc) is 3.14. The highest BCUT2D eigenvalue weighted by molar-refractivity contribution is 7.07. The van der Waals surface area contributed by atoms with Crippen molar-refractivity contribution in [3.05, 3.63) is 44.9 Å². The SMILES string of the molecule is Cc1[nH]c(C(=O)NCC(c2ccsc2)N(C)C)c(C)c1C(=O)OC(C)C. The second-order valence-corrected chi connectivity index (χ2v) is 7.61. The summed E-state index contributed by atoms with van der Waals surface area (Å²) in [6, 6.07) is 2.15. The monoisotopic (exact) mass is 377 g/mol. The van der Waals surface area contributed by atoms with Crippen LogP contribution in [-0.4, -0.2) is 48.5 Å². The molecule has 2 aromatic heterocycles. The van der Waals surface area contributed by atoms with Crippen LogP contribution in [0.15, 0.2) is 16.8 Å². The molecule has 0 spiro atoms. The van der Waals surface area contributed by atoms with Crippen molar-refractivity contribution in [3.8, 4) is 0 Å². The molecule has 0 aliphatic heterocycles. The van der Waals surface area contributed by atoms with Gasteiger partial charge in [0.1, 0.15) is 5.69 Å². The summed E-state index contributed by atoms with van der Waals surface area (Å²) in [5.74, 6) is -0.633. The molecule has 1 unspecified atom stereocenters. The van der Waals surface area contributed by atoms with Gasteiger partial charge in [-0.1, -0.05) is 0 Å². The predicted octanol–water partition coefficient (Wildman–Crippen LogP) is 3.29.